The lowest BCUT2D eigenvalue weighted by Gasteiger charge is -2.08. The number of ether oxygens (including phenoxy) is 1. The Bertz CT molecular complexity index is 408. The first-order chi connectivity index (χ1) is 7.77. The lowest BCUT2D eigenvalue weighted by molar-refractivity contribution is 0.262. The lowest BCUT2D eigenvalue weighted by atomic mass is 10.3. The van der Waals surface area contributed by atoms with Crippen LogP contribution in [0.15, 0.2) is 12.3 Å². The van der Waals surface area contributed by atoms with Gasteiger partial charge in [0.2, 0.25) is 5.82 Å². The third-order valence-corrected chi connectivity index (χ3v) is 3.51. The zero-order chi connectivity index (χ0) is 11.1. The van der Waals surface area contributed by atoms with E-state index in [0.717, 1.165) is 13.1 Å². The van der Waals surface area contributed by atoms with Gasteiger partial charge in [0.05, 0.1) is 6.61 Å². The van der Waals surface area contributed by atoms with Crippen molar-refractivity contribution in [1.29, 1.82) is 0 Å². The Hall–Kier alpha value is -0.940. The Labute approximate surface area is 104 Å². The normalized spacial score (nSPS) is 29.4. The largest absolute Gasteiger partial charge is 0.490 e. The monoisotopic (exact) mass is 262 g/mol. The third-order valence-electron chi connectivity index (χ3n) is 3.51. The van der Waals surface area contributed by atoms with E-state index in [1.54, 1.807) is 0 Å². The molecule has 1 aromatic heterocycles. The maximum absolute atomic E-state index is 13.2. The summed E-state index contributed by atoms with van der Waals surface area (Å²) in [4.78, 5) is 3.21. The van der Waals surface area contributed by atoms with Crippen molar-refractivity contribution >= 4 is 12.4 Å². The van der Waals surface area contributed by atoms with Crippen LogP contribution >= 0.6 is 12.4 Å². The maximum atomic E-state index is 13.2. The molecule has 1 aromatic rings. The molecule has 2 aliphatic rings. The number of nitrogens with zero attached hydrogens (tertiary/aromatic N) is 1. The van der Waals surface area contributed by atoms with Gasteiger partial charge in [0, 0.05) is 18.2 Å². The summed E-state index contributed by atoms with van der Waals surface area (Å²) in [5, 5.41) is 3.27. The van der Waals surface area contributed by atoms with E-state index in [0.29, 0.717) is 24.4 Å². The van der Waals surface area contributed by atoms with Gasteiger partial charge in [0.1, 0.15) is 0 Å². The van der Waals surface area contributed by atoms with Crippen molar-refractivity contribution in [3.05, 3.63) is 24.0 Å². The Morgan fingerprint density at radius 2 is 2.06 bits per heavy atom. The number of pyridine rings is 1. The van der Waals surface area contributed by atoms with Gasteiger partial charge in [-0.3, -0.25) is 0 Å². The molecule has 0 amide bonds. The van der Waals surface area contributed by atoms with Crippen LogP contribution in [0.1, 0.15) is 0 Å². The van der Waals surface area contributed by atoms with Gasteiger partial charge in [-0.15, -0.1) is 12.4 Å². The maximum Gasteiger partial charge on any atom is 0.252 e. The summed E-state index contributed by atoms with van der Waals surface area (Å²) >= 11 is 0. The molecule has 1 aliphatic heterocycles. The molecule has 17 heavy (non-hydrogen) atoms. The fraction of sp³-hybridized carbons (Fsp3) is 0.545. The summed E-state index contributed by atoms with van der Waals surface area (Å²) in [5.41, 5.74) is 0. The minimum atomic E-state index is -1.10. The molecule has 1 aliphatic carbocycles. The highest BCUT2D eigenvalue weighted by atomic mass is 35.5. The van der Waals surface area contributed by atoms with E-state index in [9.17, 15) is 8.78 Å². The first-order valence-corrected chi connectivity index (χ1v) is 5.41. The van der Waals surface area contributed by atoms with Crippen molar-refractivity contribution in [2.24, 2.45) is 17.8 Å². The first-order valence-electron chi connectivity index (χ1n) is 5.41. The van der Waals surface area contributed by atoms with Gasteiger partial charge in [-0.05, 0) is 24.9 Å². The first kappa shape index (κ1) is 12.5. The van der Waals surface area contributed by atoms with Crippen LogP contribution in [0.2, 0.25) is 0 Å². The number of aromatic nitrogens is 1. The standard InChI is InChI=1S/C11H12F2N2O.ClH/c12-10-9(1-2-15-11(10)13)16-5-8-6-3-14-4-7(6)8;/h1-2,6-8,14H,3-5H2;1H. The van der Waals surface area contributed by atoms with Gasteiger partial charge in [0.15, 0.2) is 5.75 Å². The van der Waals surface area contributed by atoms with Crippen LogP contribution in [0.3, 0.4) is 0 Å². The molecule has 94 valence electrons. The Morgan fingerprint density at radius 1 is 1.35 bits per heavy atom. The molecule has 0 aromatic carbocycles. The molecule has 6 heteroatoms. The number of nitrogens with one attached hydrogen (secondary N) is 1. The van der Waals surface area contributed by atoms with Crippen molar-refractivity contribution in [2.75, 3.05) is 19.7 Å². The minimum absolute atomic E-state index is 0. The molecule has 2 atom stereocenters. The quantitative estimate of drug-likeness (QED) is 0.841. The van der Waals surface area contributed by atoms with Crippen molar-refractivity contribution < 1.29 is 13.5 Å². The predicted molar refractivity (Wildman–Crippen MR) is 60.2 cm³/mol. The molecular formula is C11H13ClF2N2O. The number of piperidine rings is 1. The Balaban J connectivity index is 0.00000108. The molecule has 0 spiro atoms. The number of hydrogen-bond donors (Lipinski definition) is 1. The molecule has 3 rings (SSSR count). The van der Waals surface area contributed by atoms with Crippen LogP contribution in [0.4, 0.5) is 8.78 Å². The summed E-state index contributed by atoms with van der Waals surface area (Å²) in [6.07, 6.45) is 1.21. The number of hydrogen-bond acceptors (Lipinski definition) is 3. The van der Waals surface area contributed by atoms with Crippen LogP contribution in [-0.4, -0.2) is 24.7 Å². The van der Waals surface area contributed by atoms with Crippen molar-refractivity contribution in [2.45, 2.75) is 0 Å². The van der Waals surface area contributed by atoms with Crippen LogP contribution in [0.25, 0.3) is 0 Å². The molecule has 3 nitrogen and oxygen atoms in total. The average molecular weight is 263 g/mol. The number of halogens is 3. The van der Waals surface area contributed by atoms with Crippen LogP contribution in [0.5, 0.6) is 5.75 Å². The van der Waals surface area contributed by atoms with Gasteiger partial charge in [-0.1, -0.05) is 0 Å². The molecule has 2 unspecified atom stereocenters. The van der Waals surface area contributed by atoms with Crippen molar-refractivity contribution in [1.82, 2.24) is 10.3 Å². The van der Waals surface area contributed by atoms with Gasteiger partial charge in [-0.2, -0.15) is 8.78 Å². The van der Waals surface area contributed by atoms with E-state index in [4.69, 9.17) is 4.74 Å². The number of rotatable bonds is 3. The molecule has 1 saturated carbocycles. The third kappa shape index (κ3) is 2.21. The van der Waals surface area contributed by atoms with Crippen LogP contribution in [-0.2, 0) is 0 Å². The average Bonchev–Trinajstić information content (AvgIpc) is 2.73. The zero-order valence-corrected chi connectivity index (χ0v) is 9.84. The molecule has 0 radical (unpaired) electrons. The smallest absolute Gasteiger partial charge is 0.252 e. The summed E-state index contributed by atoms with van der Waals surface area (Å²) < 4.78 is 31.3. The highest BCUT2D eigenvalue weighted by Gasteiger charge is 2.53. The van der Waals surface area contributed by atoms with E-state index in [-0.39, 0.29) is 18.2 Å². The summed E-state index contributed by atoms with van der Waals surface area (Å²) in [6, 6.07) is 1.36. The van der Waals surface area contributed by atoms with Crippen LogP contribution < -0.4 is 10.1 Å². The molecule has 2 fully saturated rings. The molecule has 1 saturated heterocycles. The minimum Gasteiger partial charge on any atom is -0.490 e. The van der Waals surface area contributed by atoms with Crippen LogP contribution in [0, 0.1) is 29.5 Å². The second-order valence-corrected chi connectivity index (χ2v) is 4.37. The Morgan fingerprint density at radius 3 is 2.76 bits per heavy atom. The van der Waals surface area contributed by atoms with E-state index >= 15 is 0 Å². The Kier molecular flexibility index (Phi) is 3.49. The van der Waals surface area contributed by atoms with Gasteiger partial charge in [0.25, 0.3) is 5.95 Å². The topological polar surface area (TPSA) is 34.1 Å². The van der Waals surface area contributed by atoms with Gasteiger partial charge in [-0.25, -0.2) is 4.98 Å². The number of fused-ring (bicyclic) bond motifs is 1. The lowest BCUT2D eigenvalue weighted by Crippen LogP contribution is -2.18. The van der Waals surface area contributed by atoms with E-state index < -0.39 is 11.8 Å². The van der Waals surface area contributed by atoms with Crippen molar-refractivity contribution in [3.8, 4) is 5.75 Å². The molecular weight excluding hydrogens is 250 g/mol. The van der Waals surface area contributed by atoms with Crippen molar-refractivity contribution in [3.63, 3.8) is 0 Å². The predicted octanol–water partition coefficient (Wildman–Crippen LogP) is 1.63. The second kappa shape index (κ2) is 4.74. The van der Waals surface area contributed by atoms with E-state index in [1.165, 1.54) is 12.3 Å². The van der Waals surface area contributed by atoms with E-state index in [2.05, 4.69) is 10.3 Å². The summed E-state index contributed by atoms with van der Waals surface area (Å²) in [7, 11) is 0. The fourth-order valence-electron chi connectivity index (χ4n) is 2.49. The fourth-order valence-corrected chi connectivity index (χ4v) is 2.49. The second-order valence-electron chi connectivity index (χ2n) is 4.37. The molecule has 2 heterocycles. The van der Waals surface area contributed by atoms with E-state index in [1.807, 2.05) is 0 Å². The SMILES string of the molecule is Cl.Fc1nccc(OCC2C3CNCC32)c1F. The zero-order valence-electron chi connectivity index (χ0n) is 9.03. The molecule has 0 bridgehead atoms. The summed E-state index contributed by atoms with van der Waals surface area (Å²) in [6.45, 7) is 2.51. The highest BCUT2D eigenvalue weighted by molar-refractivity contribution is 5.85. The summed E-state index contributed by atoms with van der Waals surface area (Å²) in [5.74, 6) is -0.312. The van der Waals surface area contributed by atoms with Gasteiger partial charge < -0.3 is 10.1 Å². The highest BCUT2D eigenvalue weighted by Crippen LogP contribution is 2.48. The van der Waals surface area contributed by atoms with Gasteiger partial charge >= 0.3 is 0 Å². The molecule has 1 N–H and O–H groups in total.